The van der Waals surface area contributed by atoms with E-state index in [2.05, 4.69) is 30.8 Å². The molecule has 1 aliphatic rings. The lowest BCUT2D eigenvalue weighted by atomic mass is 10.00. The number of hydrogen-bond acceptors (Lipinski definition) is 7. The molecular weight excluding hydrogens is 378 g/mol. The predicted molar refractivity (Wildman–Crippen MR) is 108 cm³/mol. The van der Waals surface area contributed by atoms with Crippen LogP contribution in [0.5, 0.6) is 0 Å². The fourth-order valence-electron chi connectivity index (χ4n) is 2.90. The molecule has 1 aromatic carbocycles. The Kier molecular flexibility index (Phi) is 4.84. The molecule has 2 aromatic heterocycles. The van der Waals surface area contributed by atoms with E-state index in [1.54, 1.807) is 21.8 Å². The maximum absolute atomic E-state index is 6.48. The minimum atomic E-state index is -1.04. The number of nitrogens with two attached hydrogens (primary N) is 1. The Morgan fingerprint density at radius 3 is 2.82 bits per heavy atom. The third-order valence-corrected chi connectivity index (χ3v) is 4.82. The fourth-order valence-corrected chi connectivity index (χ4v) is 3.06. The van der Waals surface area contributed by atoms with Gasteiger partial charge in [0.1, 0.15) is 18.7 Å². The average Bonchev–Trinajstić information content (AvgIpc) is 3.28. The van der Waals surface area contributed by atoms with Crippen molar-refractivity contribution in [1.82, 2.24) is 29.9 Å². The van der Waals surface area contributed by atoms with Crippen molar-refractivity contribution in [1.29, 1.82) is 0 Å². The second-order valence-corrected chi connectivity index (χ2v) is 6.94. The molecule has 3 aromatic rings. The molecular formula is C18H20ClN9. The lowest BCUT2D eigenvalue weighted by molar-refractivity contribution is 0.531. The van der Waals surface area contributed by atoms with Crippen LogP contribution in [0.3, 0.4) is 0 Å². The number of aromatic nitrogens is 5. The Morgan fingerprint density at radius 2 is 2.07 bits per heavy atom. The number of nitrogens with zero attached hydrogens (tertiary/aromatic N) is 6. The first kappa shape index (κ1) is 18.2. The van der Waals surface area contributed by atoms with Crippen LogP contribution in [0.2, 0.25) is 0 Å². The number of nitrogens with one attached hydrogen (secondary N) is 2. The molecule has 4 rings (SSSR count). The van der Waals surface area contributed by atoms with Gasteiger partial charge in [-0.1, -0.05) is 41.9 Å². The van der Waals surface area contributed by atoms with Crippen molar-refractivity contribution >= 4 is 23.2 Å². The summed E-state index contributed by atoms with van der Waals surface area (Å²) >= 11 is 6.35. The first-order chi connectivity index (χ1) is 13.5. The smallest absolute Gasteiger partial charge is 0.202 e. The monoisotopic (exact) mass is 397 g/mol. The van der Waals surface area contributed by atoms with Crippen molar-refractivity contribution in [3.05, 3.63) is 71.7 Å². The van der Waals surface area contributed by atoms with E-state index in [1.165, 1.54) is 6.33 Å². The molecule has 1 aliphatic heterocycles. The van der Waals surface area contributed by atoms with E-state index in [0.29, 0.717) is 24.0 Å². The second kappa shape index (κ2) is 7.45. The summed E-state index contributed by atoms with van der Waals surface area (Å²) < 4.78 is 3.47. The molecule has 0 saturated heterocycles. The van der Waals surface area contributed by atoms with E-state index in [4.69, 9.17) is 17.3 Å². The van der Waals surface area contributed by atoms with E-state index >= 15 is 0 Å². The number of aryl methyl sites for hydroxylation is 1. The normalized spacial score (nSPS) is 19.0. The highest BCUT2D eigenvalue weighted by atomic mass is 35.5. The second-order valence-electron chi connectivity index (χ2n) is 6.54. The van der Waals surface area contributed by atoms with Crippen molar-refractivity contribution in [2.24, 2.45) is 17.8 Å². The highest BCUT2D eigenvalue weighted by Gasteiger charge is 2.32. The zero-order valence-electron chi connectivity index (χ0n) is 15.2. The quantitative estimate of drug-likeness (QED) is 0.600. The first-order valence-corrected chi connectivity index (χ1v) is 9.07. The lowest BCUT2D eigenvalue weighted by Crippen LogP contribution is -2.47. The zero-order valence-corrected chi connectivity index (χ0v) is 16.0. The summed E-state index contributed by atoms with van der Waals surface area (Å²) in [6.45, 7) is 0.513. The molecule has 0 aliphatic carbocycles. The lowest BCUT2D eigenvalue weighted by Gasteiger charge is -2.29. The van der Waals surface area contributed by atoms with Crippen LogP contribution in [-0.4, -0.2) is 36.2 Å². The molecule has 1 unspecified atom stereocenters. The van der Waals surface area contributed by atoms with Crippen molar-refractivity contribution < 1.29 is 0 Å². The number of benzene rings is 1. The van der Waals surface area contributed by atoms with Crippen LogP contribution < -0.4 is 16.4 Å². The van der Waals surface area contributed by atoms with Gasteiger partial charge in [-0.25, -0.2) is 9.98 Å². The summed E-state index contributed by atoms with van der Waals surface area (Å²) in [5, 5.41) is 15.0. The summed E-state index contributed by atoms with van der Waals surface area (Å²) in [6.07, 6.45) is 7.22. The first-order valence-electron chi connectivity index (χ1n) is 8.69. The molecule has 0 fully saturated rings. The van der Waals surface area contributed by atoms with E-state index in [1.807, 2.05) is 43.6 Å². The van der Waals surface area contributed by atoms with Gasteiger partial charge in [0.15, 0.2) is 5.66 Å². The number of anilines is 1. The summed E-state index contributed by atoms with van der Waals surface area (Å²) in [6, 6.07) is 9.89. The Bertz CT molecular complexity index is 1020. The molecule has 3 heterocycles. The minimum absolute atomic E-state index is 0.444. The Balaban J connectivity index is 1.48. The highest BCUT2D eigenvalue weighted by Crippen LogP contribution is 2.26. The van der Waals surface area contributed by atoms with Gasteiger partial charge in [0.2, 0.25) is 5.96 Å². The molecule has 10 heteroatoms. The standard InChI is InChI=1S/C18H20ClN9/c1-27-16(22-12-24-27)11-28-10-14(8-23-28)25-17-21-9-15(19)18(20,26-17)7-13-5-3-2-4-6-13/h2-6,8-10,12H,7,11,20H2,1H3,(H2,21,25,26). The molecule has 0 amide bonds. The molecule has 0 bridgehead atoms. The maximum Gasteiger partial charge on any atom is 0.202 e. The van der Waals surface area contributed by atoms with Gasteiger partial charge in [0.25, 0.3) is 0 Å². The topological polar surface area (TPSA) is 111 Å². The Hall–Kier alpha value is -3.17. The van der Waals surface area contributed by atoms with Gasteiger partial charge in [0.05, 0.1) is 16.9 Å². The SMILES string of the molecule is Cn1ncnc1Cn1cc(NC2=NC(N)(Cc3ccccc3)C(Cl)=CN2)cn1. The molecule has 9 nitrogen and oxygen atoms in total. The molecule has 1 atom stereocenters. The number of aliphatic imine (C=N–C) groups is 1. The van der Waals surface area contributed by atoms with Gasteiger partial charge >= 0.3 is 0 Å². The molecule has 28 heavy (non-hydrogen) atoms. The van der Waals surface area contributed by atoms with Crippen LogP contribution in [0.15, 0.2) is 65.3 Å². The maximum atomic E-state index is 6.48. The fraction of sp³-hybridized carbons (Fsp3) is 0.222. The summed E-state index contributed by atoms with van der Waals surface area (Å²) in [5.41, 5.74) is 7.27. The highest BCUT2D eigenvalue weighted by molar-refractivity contribution is 6.31. The van der Waals surface area contributed by atoms with Gasteiger partial charge in [-0.15, -0.1) is 0 Å². The van der Waals surface area contributed by atoms with E-state index in [9.17, 15) is 0 Å². The van der Waals surface area contributed by atoms with E-state index in [0.717, 1.165) is 17.1 Å². The zero-order chi connectivity index (χ0) is 19.6. The molecule has 4 N–H and O–H groups in total. The number of halogens is 1. The average molecular weight is 398 g/mol. The van der Waals surface area contributed by atoms with Crippen LogP contribution in [0.4, 0.5) is 5.69 Å². The van der Waals surface area contributed by atoms with Crippen LogP contribution in [0.25, 0.3) is 0 Å². The van der Waals surface area contributed by atoms with Crippen molar-refractivity contribution in [3.8, 4) is 0 Å². The van der Waals surface area contributed by atoms with E-state index < -0.39 is 5.66 Å². The summed E-state index contributed by atoms with van der Waals surface area (Å²) in [4.78, 5) is 8.79. The van der Waals surface area contributed by atoms with Crippen LogP contribution in [0, 0.1) is 0 Å². The number of hydrogen-bond donors (Lipinski definition) is 3. The van der Waals surface area contributed by atoms with Gasteiger partial charge in [-0.05, 0) is 5.56 Å². The molecule has 0 saturated carbocycles. The molecule has 144 valence electrons. The Labute approximate surface area is 166 Å². The van der Waals surface area contributed by atoms with Crippen LogP contribution in [-0.2, 0) is 20.0 Å². The number of guanidine groups is 1. The van der Waals surface area contributed by atoms with Crippen molar-refractivity contribution in [2.75, 3.05) is 5.32 Å². The summed E-state index contributed by atoms with van der Waals surface area (Å²) in [7, 11) is 1.84. The van der Waals surface area contributed by atoms with Gasteiger partial charge in [0, 0.05) is 25.9 Å². The third-order valence-electron chi connectivity index (χ3n) is 4.38. The van der Waals surface area contributed by atoms with Gasteiger partial charge in [-0.2, -0.15) is 10.2 Å². The van der Waals surface area contributed by atoms with E-state index in [-0.39, 0.29) is 0 Å². The summed E-state index contributed by atoms with van der Waals surface area (Å²) in [5.74, 6) is 1.31. The third kappa shape index (κ3) is 3.90. The van der Waals surface area contributed by atoms with Crippen molar-refractivity contribution in [3.63, 3.8) is 0 Å². The molecule has 0 radical (unpaired) electrons. The number of rotatable bonds is 5. The van der Waals surface area contributed by atoms with Gasteiger partial charge in [-0.3, -0.25) is 9.36 Å². The van der Waals surface area contributed by atoms with Crippen LogP contribution >= 0.6 is 11.6 Å². The van der Waals surface area contributed by atoms with Crippen molar-refractivity contribution in [2.45, 2.75) is 18.6 Å². The minimum Gasteiger partial charge on any atom is -0.331 e. The predicted octanol–water partition coefficient (Wildman–Crippen LogP) is 1.41. The molecule has 0 spiro atoms. The van der Waals surface area contributed by atoms with Gasteiger partial charge < -0.3 is 16.4 Å². The van der Waals surface area contributed by atoms with Crippen LogP contribution in [0.1, 0.15) is 11.4 Å². The Morgan fingerprint density at radius 1 is 1.25 bits per heavy atom. The largest absolute Gasteiger partial charge is 0.331 e.